The van der Waals surface area contributed by atoms with Crippen molar-refractivity contribution in [1.82, 2.24) is 5.32 Å². The molecule has 0 aliphatic carbocycles. The summed E-state index contributed by atoms with van der Waals surface area (Å²) >= 11 is 0. The minimum Gasteiger partial charge on any atom is -1.00 e. The van der Waals surface area contributed by atoms with Crippen molar-refractivity contribution in [3.05, 3.63) is 35.4 Å². The van der Waals surface area contributed by atoms with Gasteiger partial charge in [0.1, 0.15) is 0 Å². The van der Waals surface area contributed by atoms with Crippen molar-refractivity contribution in [1.29, 1.82) is 0 Å². The Bertz CT molecular complexity index is 653. The van der Waals surface area contributed by atoms with E-state index in [-0.39, 0.29) is 47.6 Å². The predicted molar refractivity (Wildman–Crippen MR) is 114 cm³/mol. The lowest BCUT2D eigenvalue weighted by atomic mass is 9.94. The number of amides is 2. The number of piperidine rings is 1. The number of hydrogen-bond donors (Lipinski definition) is 2. The molecule has 1 aromatic carbocycles. The predicted octanol–water partition coefficient (Wildman–Crippen LogP) is -0.159. The molecule has 6 heteroatoms. The first-order chi connectivity index (χ1) is 13.2. The van der Waals surface area contributed by atoms with E-state index in [4.69, 9.17) is 5.73 Å². The Hall–Kier alpha value is -1.15. The zero-order valence-electron chi connectivity index (χ0n) is 18.4. The number of hydrogen-bond acceptors (Lipinski definition) is 2. The zero-order chi connectivity index (χ0) is 20.7. The maximum Gasteiger partial charge on any atom is 0.227 e. The van der Waals surface area contributed by atoms with Crippen LogP contribution >= 0.6 is 0 Å². The third-order valence-electron chi connectivity index (χ3n) is 6.13. The number of nitrogens with two attached hydrogens (primary N) is 1. The summed E-state index contributed by atoms with van der Waals surface area (Å²) < 4.78 is 0.965. The van der Waals surface area contributed by atoms with E-state index in [0.717, 1.165) is 55.4 Å². The average molecular weight is 515 g/mol. The van der Waals surface area contributed by atoms with Gasteiger partial charge in [-0.2, -0.15) is 0 Å². The van der Waals surface area contributed by atoms with Crippen LogP contribution in [-0.4, -0.2) is 49.5 Å². The van der Waals surface area contributed by atoms with Crippen molar-refractivity contribution in [2.75, 3.05) is 33.2 Å². The van der Waals surface area contributed by atoms with Crippen LogP contribution < -0.4 is 35.0 Å². The Morgan fingerprint density at radius 2 is 1.72 bits per heavy atom. The average Bonchev–Trinajstić information content (AvgIpc) is 2.65. The number of carbonyl (C=O) groups excluding carboxylic acids is 2. The summed E-state index contributed by atoms with van der Waals surface area (Å²) in [6.07, 6.45) is 3.77. The molecule has 0 radical (unpaired) electrons. The number of benzene rings is 1. The molecule has 5 nitrogen and oxygen atoms in total. The first-order valence-electron chi connectivity index (χ1n) is 10.7. The fourth-order valence-electron chi connectivity index (χ4n) is 4.09. The molecule has 1 fully saturated rings. The van der Waals surface area contributed by atoms with E-state index in [9.17, 15) is 9.59 Å². The van der Waals surface area contributed by atoms with Crippen LogP contribution in [0.1, 0.15) is 57.1 Å². The molecule has 0 saturated carbocycles. The van der Waals surface area contributed by atoms with Crippen molar-refractivity contribution in [3.8, 4) is 0 Å². The molecular weight excluding hydrogens is 477 g/mol. The van der Waals surface area contributed by atoms with Crippen LogP contribution in [0.4, 0.5) is 0 Å². The minimum absolute atomic E-state index is 0. The lowest BCUT2D eigenvalue weighted by Crippen LogP contribution is -3.00. The number of halogens is 1. The van der Waals surface area contributed by atoms with Gasteiger partial charge < -0.3 is 39.5 Å². The topological polar surface area (TPSA) is 72.2 Å². The van der Waals surface area contributed by atoms with Gasteiger partial charge in [0.05, 0.1) is 32.6 Å². The van der Waals surface area contributed by atoms with E-state index in [1.807, 2.05) is 6.92 Å². The number of nitrogens with one attached hydrogen (secondary N) is 1. The zero-order valence-corrected chi connectivity index (χ0v) is 20.6. The lowest BCUT2D eigenvalue weighted by molar-refractivity contribution is -0.914. The van der Waals surface area contributed by atoms with E-state index in [2.05, 4.69) is 50.5 Å². The lowest BCUT2D eigenvalue weighted by Gasteiger charge is -2.40. The maximum atomic E-state index is 12.5. The second-order valence-electron chi connectivity index (χ2n) is 9.17. The van der Waals surface area contributed by atoms with Crippen LogP contribution in [0.25, 0.3) is 0 Å². The number of nitrogens with zero attached hydrogens (tertiary/aromatic N) is 1. The molecule has 1 aliphatic heterocycles. The molecule has 0 bridgehead atoms. The number of likely N-dealkylation sites (tertiary alicyclic amines) is 1. The molecule has 3 N–H and O–H groups in total. The first kappa shape index (κ1) is 25.9. The monoisotopic (exact) mass is 515 g/mol. The third kappa shape index (κ3) is 8.24. The molecule has 1 aliphatic rings. The van der Waals surface area contributed by atoms with Gasteiger partial charge in [-0.05, 0) is 30.4 Å². The fraction of sp³-hybridized carbons (Fsp3) is 0.652. The summed E-state index contributed by atoms with van der Waals surface area (Å²) in [4.78, 5) is 23.8. The first-order valence-corrected chi connectivity index (χ1v) is 10.7. The molecule has 1 saturated heterocycles. The van der Waals surface area contributed by atoms with Gasteiger partial charge in [-0.25, -0.2) is 0 Å². The molecule has 1 heterocycles. The highest BCUT2D eigenvalue weighted by Gasteiger charge is 2.32. The van der Waals surface area contributed by atoms with Crippen molar-refractivity contribution in [2.24, 2.45) is 17.6 Å². The highest BCUT2D eigenvalue weighted by Crippen LogP contribution is 2.22. The number of rotatable bonds is 9. The summed E-state index contributed by atoms with van der Waals surface area (Å²) in [5.74, 6) is 0.469. The van der Waals surface area contributed by atoms with E-state index in [1.54, 1.807) is 0 Å². The van der Waals surface area contributed by atoms with Gasteiger partial charge in [0.2, 0.25) is 11.8 Å². The van der Waals surface area contributed by atoms with Gasteiger partial charge in [0, 0.05) is 31.7 Å². The molecule has 1 aromatic rings. The SMILES string of the molecule is CC(C)Cc1ccc([C@@H](C)C(=O)NCCC[N+]2(C)CCC(C(N)=O)CC2)cc1.[I-]. The van der Waals surface area contributed by atoms with Gasteiger partial charge in [-0.3, -0.25) is 9.59 Å². The van der Waals surface area contributed by atoms with E-state index in [0.29, 0.717) is 12.5 Å². The van der Waals surface area contributed by atoms with Crippen molar-refractivity contribution < 1.29 is 38.0 Å². The van der Waals surface area contributed by atoms with Crippen LogP contribution in [0, 0.1) is 11.8 Å². The molecule has 0 aromatic heterocycles. The second-order valence-corrected chi connectivity index (χ2v) is 9.17. The Morgan fingerprint density at radius 1 is 1.14 bits per heavy atom. The Morgan fingerprint density at radius 3 is 2.24 bits per heavy atom. The number of carbonyl (C=O) groups is 2. The van der Waals surface area contributed by atoms with Crippen LogP contribution in [-0.2, 0) is 16.0 Å². The molecule has 0 unspecified atom stereocenters. The highest BCUT2D eigenvalue weighted by molar-refractivity contribution is 5.83. The maximum absolute atomic E-state index is 12.5. The fourth-order valence-corrected chi connectivity index (χ4v) is 4.09. The Kier molecular flexibility index (Phi) is 10.6. The van der Waals surface area contributed by atoms with Crippen molar-refractivity contribution >= 4 is 11.8 Å². The van der Waals surface area contributed by atoms with E-state index >= 15 is 0 Å². The molecule has 0 spiro atoms. The molecule has 2 amide bonds. The molecule has 2 rings (SSSR count). The van der Waals surface area contributed by atoms with E-state index in [1.165, 1.54) is 5.56 Å². The normalized spacial score (nSPS) is 22.6. The Balaban J connectivity index is 0.00000420. The number of quaternary nitrogens is 1. The molecule has 1 atom stereocenters. The summed E-state index contributed by atoms with van der Waals surface area (Å²) in [6, 6.07) is 8.44. The summed E-state index contributed by atoms with van der Waals surface area (Å²) in [5.41, 5.74) is 7.81. The van der Waals surface area contributed by atoms with Gasteiger partial charge in [-0.15, -0.1) is 0 Å². The number of primary amides is 1. The van der Waals surface area contributed by atoms with Gasteiger partial charge in [0.25, 0.3) is 0 Å². The summed E-state index contributed by atoms with van der Waals surface area (Å²) in [6.45, 7) is 10.1. The Labute approximate surface area is 193 Å². The van der Waals surface area contributed by atoms with Gasteiger partial charge in [0.15, 0.2) is 0 Å². The third-order valence-corrected chi connectivity index (χ3v) is 6.13. The van der Waals surface area contributed by atoms with Crippen LogP contribution in [0.3, 0.4) is 0 Å². The van der Waals surface area contributed by atoms with Crippen LogP contribution in [0.5, 0.6) is 0 Å². The quantitative estimate of drug-likeness (QED) is 0.273. The highest BCUT2D eigenvalue weighted by atomic mass is 127. The minimum atomic E-state index is -0.162. The largest absolute Gasteiger partial charge is 1.00 e. The molecular formula is C23H38IN3O2. The second kappa shape index (κ2) is 11.9. The smallest absolute Gasteiger partial charge is 0.227 e. The van der Waals surface area contributed by atoms with Crippen LogP contribution in [0.2, 0.25) is 0 Å². The van der Waals surface area contributed by atoms with Gasteiger partial charge >= 0.3 is 0 Å². The summed E-state index contributed by atoms with van der Waals surface area (Å²) in [7, 11) is 2.24. The summed E-state index contributed by atoms with van der Waals surface area (Å²) in [5, 5.41) is 3.09. The van der Waals surface area contributed by atoms with Crippen molar-refractivity contribution in [3.63, 3.8) is 0 Å². The standard InChI is InChI=1S/C23H37N3O2.HI/c1-17(2)16-19-6-8-20(9-7-19)18(3)23(28)25-12-5-13-26(4)14-10-21(11-15-26)22(24)27;/h6-9,17-18,21H,5,10-16H2,1-4H3,(H2-,24,25,27,28);1H/t18-,21?,26?;/m1./s1. The van der Waals surface area contributed by atoms with Crippen molar-refractivity contribution in [2.45, 2.75) is 52.4 Å². The van der Waals surface area contributed by atoms with E-state index < -0.39 is 0 Å². The molecule has 164 valence electrons. The molecule has 29 heavy (non-hydrogen) atoms. The van der Waals surface area contributed by atoms with Gasteiger partial charge in [-0.1, -0.05) is 38.1 Å². The van der Waals surface area contributed by atoms with Crippen LogP contribution in [0.15, 0.2) is 24.3 Å².